The summed E-state index contributed by atoms with van der Waals surface area (Å²) in [4.78, 5) is 10.2. The molecule has 0 atom stereocenters. The number of nitrogens with zero attached hydrogens (tertiary/aromatic N) is 4. The highest BCUT2D eigenvalue weighted by molar-refractivity contribution is 7.89. The SMILES string of the molecule is CN(C)c1nccc(CNS(=O)(=O)c2cnsc2)n1. The van der Waals surface area contributed by atoms with Crippen LogP contribution in [0.2, 0.25) is 0 Å². The highest BCUT2D eigenvalue weighted by Gasteiger charge is 2.15. The molecule has 0 fully saturated rings. The number of hydrogen-bond donors (Lipinski definition) is 1. The molecule has 0 bridgehead atoms. The fraction of sp³-hybridized carbons (Fsp3) is 0.300. The molecule has 0 amide bonds. The third kappa shape index (κ3) is 3.46. The van der Waals surface area contributed by atoms with Gasteiger partial charge in [0, 0.05) is 25.7 Å². The van der Waals surface area contributed by atoms with Crippen LogP contribution in [0.15, 0.2) is 28.7 Å². The van der Waals surface area contributed by atoms with E-state index in [-0.39, 0.29) is 11.4 Å². The summed E-state index contributed by atoms with van der Waals surface area (Å²) in [7, 11) is 0.115. The Hall–Kier alpha value is -1.58. The van der Waals surface area contributed by atoms with Crippen molar-refractivity contribution in [2.75, 3.05) is 19.0 Å². The Morgan fingerprint density at radius 3 is 2.84 bits per heavy atom. The minimum Gasteiger partial charge on any atom is -0.347 e. The van der Waals surface area contributed by atoms with Crippen molar-refractivity contribution in [2.24, 2.45) is 0 Å². The summed E-state index contributed by atoms with van der Waals surface area (Å²) < 4.78 is 30.0. The van der Waals surface area contributed by atoms with E-state index in [2.05, 4.69) is 19.1 Å². The Morgan fingerprint density at radius 1 is 1.42 bits per heavy atom. The van der Waals surface area contributed by atoms with E-state index >= 15 is 0 Å². The van der Waals surface area contributed by atoms with Crippen LogP contribution < -0.4 is 9.62 Å². The quantitative estimate of drug-likeness (QED) is 0.864. The van der Waals surface area contributed by atoms with Crippen molar-refractivity contribution in [3.63, 3.8) is 0 Å². The number of hydrogen-bond acceptors (Lipinski definition) is 7. The van der Waals surface area contributed by atoms with Gasteiger partial charge in [-0.3, -0.25) is 0 Å². The first-order chi connectivity index (χ1) is 8.99. The molecule has 0 radical (unpaired) electrons. The maximum atomic E-state index is 11.9. The predicted molar refractivity (Wildman–Crippen MR) is 72.5 cm³/mol. The normalized spacial score (nSPS) is 11.5. The van der Waals surface area contributed by atoms with Crippen molar-refractivity contribution < 1.29 is 8.42 Å². The molecular weight excluding hydrogens is 286 g/mol. The Morgan fingerprint density at radius 2 is 2.21 bits per heavy atom. The second kappa shape index (κ2) is 5.59. The molecule has 19 heavy (non-hydrogen) atoms. The summed E-state index contributed by atoms with van der Waals surface area (Å²) in [5, 5.41) is 1.48. The topological polar surface area (TPSA) is 88.1 Å². The second-order valence-electron chi connectivity index (χ2n) is 3.93. The zero-order valence-electron chi connectivity index (χ0n) is 10.4. The minimum atomic E-state index is -3.52. The van der Waals surface area contributed by atoms with Crippen LogP contribution in [0.5, 0.6) is 0 Å². The smallest absolute Gasteiger partial charge is 0.243 e. The Bertz CT molecular complexity index is 640. The maximum absolute atomic E-state index is 11.9. The zero-order chi connectivity index (χ0) is 13.9. The minimum absolute atomic E-state index is 0.113. The molecule has 2 aromatic rings. The highest BCUT2D eigenvalue weighted by atomic mass is 32.2. The highest BCUT2D eigenvalue weighted by Crippen LogP contribution is 2.10. The van der Waals surface area contributed by atoms with Crippen LogP contribution in [0, 0.1) is 0 Å². The van der Waals surface area contributed by atoms with Crippen LogP contribution >= 0.6 is 11.5 Å². The lowest BCUT2D eigenvalue weighted by molar-refractivity contribution is 0.580. The molecule has 7 nitrogen and oxygen atoms in total. The molecule has 0 saturated heterocycles. The van der Waals surface area contributed by atoms with E-state index in [4.69, 9.17) is 0 Å². The average molecular weight is 299 g/mol. The lowest BCUT2D eigenvalue weighted by atomic mass is 10.4. The van der Waals surface area contributed by atoms with Gasteiger partial charge in [-0.2, -0.15) is 4.37 Å². The monoisotopic (exact) mass is 299 g/mol. The van der Waals surface area contributed by atoms with Crippen molar-refractivity contribution in [3.05, 3.63) is 29.5 Å². The van der Waals surface area contributed by atoms with Gasteiger partial charge in [-0.25, -0.2) is 23.1 Å². The number of rotatable bonds is 5. The average Bonchev–Trinajstić information content (AvgIpc) is 2.91. The van der Waals surface area contributed by atoms with Gasteiger partial charge >= 0.3 is 0 Å². The summed E-state index contributed by atoms with van der Waals surface area (Å²) in [6, 6.07) is 1.67. The van der Waals surface area contributed by atoms with E-state index in [1.54, 1.807) is 17.2 Å². The van der Waals surface area contributed by atoms with E-state index in [1.807, 2.05) is 14.1 Å². The third-order valence-corrected chi connectivity index (χ3v) is 4.37. The second-order valence-corrected chi connectivity index (χ2v) is 6.35. The van der Waals surface area contributed by atoms with Crippen molar-refractivity contribution in [2.45, 2.75) is 11.4 Å². The number of sulfonamides is 1. The zero-order valence-corrected chi connectivity index (χ0v) is 12.1. The van der Waals surface area contributed by atoms with E-state index in [0.717, 1.165) is 11.5 Å². The maximum Gasteiger partial charge on any atom is 0.243 e. The first-order valence-corrected chi connectivity index (χ1v) is 7.69. The largest absolute Gasteiger partial charge is 0.347 e. The molecule has 0 saturated carbocycles. The van der Waals surface area contributed by atoms with Gasteiger partial charge in [-0.05, 0) is 17.6 Å². The first kappa shape index (κ1) is 13.8. The van der Waals surface area contributed by atoms with Crippen LogP contribution in [0.3, 0.4) is 0 Å². The van der Waals surface area contributed by atoms with Crippen molar-refractivity contribution in [3.8, 4) is 0 Å². The van der Waals surface area contributed by atoms with Crippen molar-refractivity contribution in [1.82, 2.24) is 19.1 Å². The molecule has 0 unspecified atom stereocenters. The van der Waals surface area contributed by atoms with E-state index in [0.29, 0.717) is 11.6 Å². The molecule has 2 rings (SSSR count). The van der Waals surface area contributed by atoms with Crippen LogP contribution in [-0.4, -0.2) is 36.9 Å². The molecule has 2 heterocycles. The molecule has 0 aliphatic heterocycles. The molecule has 0 aromatic carbocycles. The van der Waals surface area contributed by atoms with E-state index in [1.165, 1.54) is 11.6 Å². The lowest BCUT2D eigenvalue weighted by Gasteiger charge is -2.11. The van der Waals surface area contributed by atoms with Gasteiger partial charge in [-0.15, -0.1) is 0 Å². The lowest BCUT2D eigenvalue weighted by Crippen LogP contribution is -2.24. The number of aromatic nitrogens is 3. The van der Waals surface area contributed by atoms with E-state index < -0.39 is 10.0 Å². The molecule has 0 aliphatic carbocycles. The molecule has 0 spiro atoms. The summed E-state index contributed by atoms with van der Waals surface area (Å²) in [6.07, 6.45) is 2.91. The van der Waals surface area contributed by atoms with Crippen LogP contribution in [0.4, 0.5) is 5.95 Å². The Labute approximate surface area is 115 Å². The summed E-state index contributed by atoms with van der Waals surface area (Å²) in [5.74, 6) is 0.536. The van der Waals surface area contributed by atoms with Gasteiger partial charge in [-0.1, -0.05) is 0 Å². The summed E-state index contributed by atoms with van der Waals surface area (Å²) in [5.41, 5.74) is 0.602. The Kier molecular flexibility index (Phi) is 4.08. The van der Waals surface area contributed by atoms with Crippen molar-refractivity contribution in [1.29, 1.82) is 0 Å². The molecule has 1 N–H and O–H groups in total. The van der Waals surface area contributed by atoms with Gasteiger partial charge in [0.1, 0.15) is 4.90 Å². The molecular formula is C10H13N5O2S2. The van der Waals surface area contributed by atoms with Crippen LogP contribution in [-0.2, 0) is 16.6 Å². The number of anilines is 1. The summed E-state index contributed by atoms with van der Waals surface area (Å²) >= 11 is 1.09. The third-order valence-electron chi connectivity index (χ3n) is 2.26. The van der Waals surface area contributed by atoms with Gasteiger partial charge in [0.15, 0.2) is 0 Å². The molecule has 102 valence electrons. The van der Waals surface area contributed by atoms with Gasteiger partial charge < -0.3 is 4.90 Å². The van der Waals surface area contributed by atoms with Crippen molar-refractivity contribution >= 4 is 27.5 Å². The fourth-order valence-corrected chi connectivity index (χ4v) is 3.08. The van der Waals surface area contributed by atoms with Crippen LogP contribution in [0.1, 0.15) is 5.69 Å². The number of nitrogens with one attached hydrogen (secondary N) is 1. The molecule has 2 aromatic heterocycles. The standard InChI is InChI=1S/C10H13N5O2S2/c1-15(2)10-11-4-3-8(14-10)5-13-19(16,17)9-6-12-18-7-9/h3-4,6-7,13H,5H2,1-2H3. The fourth-order valence-electron chi connectivity index (χ4n) is 1.28. The Balaban J connectivity index is 2.09. The predicted octanol–water partition coefficient (Wildman–Crippen LogP) is 0.478. The van der Waals surface area contributed by atoms with Gasteiger partial charge in [0.05, 0.1) is 18.4 Å². The molecule has 9 heteroatoms. The van der Waals surface area contributed by atoms with Crippen LogP contribution in [0.25, 0.3) is 0 Å². The summed E-state index contributed by atoms with van der Waals surface area (Å²) in [6.45, 7) is 0.113. The van der Waals surface area contributed by atoms with E-state index in [9.17, 15) is 8.42 Å². The van der Waals surface area contributed by atoms with Gasteiger partial charge in [0.2, 0.25) is 16.0 Å². The molecule has 0 aliphatic rings. The first-order valence-electron chi connectivity index (χ1n) is 5.37. The van der Waals surface area contributed by atoms with Gasteiger partial charge in [0.25, 0.3) is 0 Å².